The lowest BCUT2D eigenvalue weighted by Crippen LogP contribution is -2.00. The van der Waals surface area contributed by atoms with E-state index in [0.717, 1.165) is 5.82 Å². The zero-order valence-electron chi connectivity index (χ0n) is 8.11. The van der Waals surface area contributed by atoms with Crippen molar-refractivity contribution in [3.05, 3.63) is 24.3 Å². The second-order valence-electron chi connectivity index (χ2n) is 1.98. The molecule has 3 nitrogen and oxygen atoms in total. The zero-order chi connectivity index (χ0) is 9.40. The highest BCUT2D eigenvalue weighted by molar-refractivity contribution is 4.91. The van der Waals surface area contributed by atoms with Gasteiger partial charge >= 0.3 is 0 Å². The molecule has 0 aromatic carbocycles. The topological polar surface area (TPSA) is 35.0 Å². The molecule has 0 saturated carbocycles. The molecule has 0 fully saturated rings. The number of hydrogen-bond acceptors (Lipinski definition) is 3. The number of rotatable bonds is 2. The summed E-state index contributed by atoms with van der Waals surface area (Å²) >= 11 is 0. The average molecular weight is 168 g/mol. The maximum atomic E-state index is 5.01. The molecule has 3 heteroatoms. The van der Waals surface area contributed by atoms with E-state index in [9.17, 15) is 0 Å². The molecule has 1 rings (SSSR count). The largest absolute Gasteiger partial charge is 0.374 e. The molecular weight excluding hydrogens is 152 g/mol. The monoisotopic (exact) mass is 168 g/mol. The molecule has 0 aliphatic heterocycles. The van der Waals surface area contributed by atoms with Crippen molar-refractivity contribution < 1.29 is 4.74 Å². The Morgan fingerprint density at radius 3 is 2.17 bits per heavy atom. The molecular formula is C9H16N2O. The first-order chi connectivity index (χ1) is 5.84. The van der Waals surface area contributed by atoms with Crippen LogP contribution >= 0.6 is 0 Å². The lowest BCUT2D eigenvalue weighted by atomic mass is 10.4. The number of nitrogens with zero attached hydrogens (tertiary/aromatic N) is 2. The van der Waals surface area contributed by atoms with E-state index in [0.29, 0.717) is 0 Å². The van der Waals surface area contributed by atoms with E-state index in [1.165, 1.54) is 0 Å². The smallest absolute Gasteiger partial charge is 0.156 e. The molecule has 0 N–H and O–H groups in total. The van der Waals surface area contributed by atoms with Crippen LogP contribution in [0.25, 0.3) is 0 Å². The minimum atomic E-state index is -0.0128. The molecule has 1 aromatic heterocycles. The second kappa shape index (κ2) is 6.73. The maximum absolute atomic E-state index is 5.01. The second-order valence-corrected chi connectivity index (χ2v) is 1.98. The van der Waals surface area contributed by atoms with Crippen molar-refractivity contribution in [2.24, 2.45) is 0 Å². The Morgan fingerprint density at radius 1 is 1.25 bits per heavy atom. The molecule has 1 atom stereocenters. The summed E-state index contributed by atoms with van der Waals surface area (Å²) in [7, 11) is 1.64. The molecule has 0 spiro atoms. The fraction of sp³-hybridized carbons (Fsp3) is 0.556. The highest BCUT2D eigenvalue weighted by atomic mass is 16.5. The van der Waals surface area contributed by atoms with Gasteiger partial charge in [0, 0.05) is 19.5 Å². The van der Waals surface area contributed by atoms with E-state index in [1.54, 1.807) is 25.6 Å². The van der Waals surface area contributed by atoms with Gasteiger partial charge in [-0.15, -0.1) is 0 Å². The minimum Gasteiger partial charge on any atom is -0.374 e. The lowest BCUT2D eigenvalue weighted by Gasteiger charge is -2.05. The first-order valence-corrected chi connectivity index (χ1v) is 4.14. The van der Waals surface area contributed by atoms with Crippen molar-refractivity contribution in [3.8, 4) is 0 Å². The Balaban J connectivity index is 0.000000561. The van der Waals surface area contributed by atoms with Gasteiger partial charge < -0.3 is 4.74 Å². The molecule has 0 bridgehead atoms. The third kappa shape index (κ3) is 3.44. The van der Waals surface area contributed by atoms with E-state index in [-0.39, 0.29) is 6.10 Å². The highest BCUT2D eigenvalue weighted by Crippen LogP contribution is 2.07. The van der Waals surface area contributed by atoms with Crippen LogP contribution in [0.5, 0.6) is 0 Å². The number of aromatic nitrogens is 2. The Hall–Kier alpha value is -0.960. The molecule has 1 aromatic rings. The molecule has 1 unspecified atom stereocenters. The lowest BCUT2D eigenvalue weighted by molar-refractivity contribution is 0.112. The van der Waals surface area contributed by atoms with E-state index in [2.05, 4.69) is 9.97 Å². The van der Waals surface area contributed by atoms with E-state index in [4.69, 9.17) is 4.74 Å². The van der Waals surface area contributed by atoms with Gasteiger partial charge in [0.1, 0.15) is 6.10 Å². The van der Waals surface area contributed by atoms with Gasteiger partial charge in [-0.2, -0.15) is 0 Å². The number of ether oxygens (including phenoxy) is 1. The molecule has 0 saturated heterocycles. The van der Waals surface area contributed by atoms with Crippen LogP contribution in [0, 0.1) is 0 Å². The normalized spacial score (nSPS) is 11.3. The van der Waals surface area contributed by atoms with Gasteiger partial charge in [0.15, 0.2) is 5.82 Å². The third-order valence-corrected chi connectivity index (χ3v) is 1.30. The number of hydrogen-bond donors (Lipinski definition) is 0. The molecule has 0 radical (unpaired) electrons. The van der Waals surface area contributed by atoms with Crippen molar-refractivity contribution in [3.63, 3.8) is 0 Å². The number of methoxy groups -OCH3 is 1. The highest BCUT2D eigenvalue weighted by Gasteiger charge is 2.03. The van der Waals surface area contributed by atoms with Gasteiger partial charge in [-0.3, -0.25) is 0 Å². The van der Waals surface area contributed by atoms with Crippen molar-refractivity contribution in [2.75, 3.05) is 7.11 Å². The first-order valence-electron chi connectivity index (χ1n) is 4.14. The molecule has 68 valence electrons. The van der Waals surface area contributed by atoms with Gasteiger partial charge in [0.2, 0.25) is 0 Å². The van der Waals surface area contributed by atoms with Crippen LogP contribution in [0.2, 0.25) is 0 Å². The molecule has 0 amide bonds. The summed E-state index contributed by atoms with van der Waals surface area (Å²) in [6.45, 7) is 5.91. The maximum Gasteiger partial charge on any atom is 0.156 e. The standard InChI is InChI=1S/C7H10N2O.C2H6/c1-6(10-2)7-8-4-3-5-9-7;1-2/h3-6H,1-2H3;1-2H3. The zero-order valence-corrected chi connectivity index (χ0v) is 8.11. The van der Waals surface area contributed by atoms with Crippen LogP contribution in [-0.2, 0) is 4.74 Å². The SMILES string of the molecule is CC.COC(C)c1ncccn1. The predicted octanol–water partition coefficient (Wildman–Crippen LogP) is 2.21. The average Bonchev–Trinajstić information content (AvgIpc) is 2.21. The Labute approximate surface area is 73.8 Å². The van der Waals surface area contributed by atoms with Gasteiger partial charge in [-0.25, -0.2) is 9.97 Å². The van der Waals surface area contributed by atoms with Crippen molar-refractivity contribution in [2.45, 2.75) is 26.9 Å². The summed E-state index contributed by atoms with van der Waals surface area (Å²) in [6.07, 6.45) is 3.40. The predicted molar refractivity (Wildman–Crippen MR) is 48.8 cm³/mol. The van der Waals surface area contributed by atoms with Crippen molar-refractivity contribution in [1.29, 1.82) is 0 Å². The minimum absolute atomic E-state index is 0.0128. The Morgan fingerprint density at radius 2 is 1.75 bits per heavy atom. The van der Waals surface area contributed by atoms with Crippen LogP contribution in [0.1, 0.15) is 32.7 Å². The van der Waals surface area contributed by atoms with Gasteiger partial charge in [-0.05, 0) is 13.0 Å². The first kappa shape index (κ1) is 11.0. The van der Waals surface area contributed by atoms with E-state index < -0.39 is 0 Å². The van der Waals surface area contributed by atoms with Crippen LogP contribution in [0.3, 0.4) is 0 Å². The van der Waals surface area contributed by atoms with Crippen LogP contribution < -0.4 is 0 Å². The fourth-order valence-corrected chi connectivity index (χ4v) is 0.626. The fourth-order valence-electron chi connectivity index (χ4n) is 0.626. The molecule has 12 heavy (non-hydrogen) atoms. The van der Waals surface area contributed by atoms with Crippen molar-refractivity contribution >= 4 is 0 Å². The van der Waals surface area contributed by atoms with E-state index >= 15 is 0 Å². The van der Waals surface area contributed by atoms with E-state index in [1.807, 2.05) is 20.8 Å². The van der Waals surface area contributed by atoms with Gasteiger partial charge in [0.25, 0.3) is 0 Å². The summed E-state index contributed by atoms with van der Waals surface area (Å²) in [4.78, 5) is 8.03. The van der Waals surface area contributed by atoms with Gasteiger partial charge in [0.05, 0.1) is 0 Å². The van der Waals surface area contributed by atoms with Gasteiger partial charge in [-0.1, -0.05) is 13.8 Å². The van der Waals surface area contributed by atoms with Crippen LogP contribution in [0.15, 0.2) is 18.5 Å². The Bertz CT molecular complexity index is 189. The molecule has 0 aliphatic rings. The summed E-state index contributed by atoms with van der Waals surface area (Å²) < 4.78 is 5.01. The van der Waals surface area contributed by atoms with Crippen LogP contribution in [0.4, 0.5) is 0 Å². The summed E-state index contributed by atoms with van der Waals surface area (Å²) in [5.74, 6) is 0.727. The Kier molecular flexibility index (Phi) is 6.19. The van der Waals surface area contributed by atoms with Crippen LogP contribution in [-0.4, -0.2) is 17.1 Å². The quantitative estimate of drug-likeness (QED) is 0.679. The third-order valence-electron chi connectivity index (χ3n) is 1.30. The molecule has 1 heterocycles. The summed E-state index contributed by atoms with van der Waals surface area (Å²) in [6, 6.07) is 1.78. The molecule has 0 aliphatic carbocycles. The summed E-state index contributed by atoms with van der Waals surface area (Å²) in [5, 5.41) is 0. The summed E-state index contributed by atoms with van der Waals surface area (Å²) in [5.41, 5.74) is 0. The van der Waals surface area contributed by atoms with Crippen molar-refractivity contribution in [1.82, 2.24) is 9.97 Å².